The van der Waals surface area contributed by atoms with Crippen molar-refractivity contribution in [3.05, 3.63) is 204 Å². The van der Waals surface area contributed by atoms with Crippen molar-refractivity contribution in [3.63, 3.8) is 0 Å². The number of pyridine rings is 2. The molecule has 12 rings (SSSR count). The average molecular weight is 671 g/mol. The second kappa shape index (κ2) is 10.6. The van der Waals surface area contributed by atoms with Crippen LogP contribution in [0.25, 0.3) is 88.0 Å². The topological polar surface area (TPSA) is 25.8 Å². The van der Waals surface area contributed by atoms with Crippen molar-refractivity contribution in [2.45, 2.75) is 5.41 Å². The summed E-state index contributed by atoms with van der Waals surface area (Å²) in [5.74, 6) is 0. The standard InChI is InChI=1S/C51H30N2/c1-2-12-36-31(10-1)25-27-44-47(36)48-40-16-4-3-13-37(40)41(30-45(48)51(44)42-17-7-5-14-38(42)39-15-6-8-18-43(39)51)32-19-21-33(22-20-32)46-28-26-35-24-23-34-11-9-29-52-49(34)50(35)53-46/h1-30H. The molecule has 2 aliphatic rings. The van der Waals surface area contributed by atoms with Gasteiger partial charge in [-0.3, -0.25) is 4.98 Å². The van der Waals surface area contributed by atoms with Crippen LogP contribution in [0.5, 0.6) is 0 Å². The van der Waals surface area contributed by atoms with E-state index in [9.17, 15) is 0 Å². The Hall–Kier alpha value is -6.90. The first-order valence-corrected chi connectivity index (χ1v) is 18.3. The first kappa shape index (κ1) is 28.8. The van der Waals surface area contributed by atoms with Gasteiger partial charge in [0, 0.05) is 22.5 Å². The predicted octanol–water partition coefficient (Wildman–Crippen LogP) is 12.8. The van der Waals surface area contributed by atoms with E-state index in [2.05, 4.69) is 175 Å². The van der Waals surface area contributed by atoms with Crippen LogP contribution in [0.4, 0.5) is 0 Å². The molecule has 0 radical (unpaired) electrons. The number of fused-ring (bicyclic) bond motifs is 17. The second-order valence-corrected chi connectivity index (χ2v) is 14.4. The molecule has 0 bridgehead atoms. The van der Waals surface area contributed by atoms with Gasteiger partial charge in [-0.05, 0) is 95.4 Å². The van der Waals surface area contributed by atoms with Gasteiger partial charge in [0.1, 0.15) is 0 Å². The van der Waals surface area contributed by atoms with Gasteiger partial charge in [-0.15, -0.1) is 0 Å². The molecular formula is C51H30N2. The van der Waals surface area contributed by atoms with E-state index in [-0.39, 0.29) is 0 Å². The third-order valence-electron chi connectivity index (χ3n) is 11.9. The molecular weight excluding hydrogens is 641 g/mol. The van der Waals surface area contributed by atoms with Crippen LogP contribution in [0.2, 0.25) is 0 Å². The molecule has 10 aromatic rings. The van der Waals surface area contributed by atoms with Crippen LogP contribution < -0.4 is 0 Å². The molecule has 1 spiro atoms. The summed E-state index contributed by atoms with van der Waals surface area (Å²) in [7, 11) is 0. The van der Waals surface area contributed by atoms with E-state index in [1.165, 1.54) is 77.2 Å². The van der Waals surface area contributed by atoms with E-state index in [0.717, 1.165) is 33.1 Å². The molecule has 0 amide bonds. The molecule has 2 nitrogen and oxygen atoms in total. The summed E-state index contributed by atoms with van der Waals surface area (Å²) in [6.45, 7) is 0. The normalized spacial score (nSPS) is 13.4. The molecule has 0 fully saturated rings. The SMILES string of the molecule is c1ccc2c(c1)-c1ccccc1C21c2ccc3ccccc3c2-c2c1cc(-c1ccc(-c3ccc4ccc5cccnc5c4n3)cc1)c1ccccc21. The van der Waals surface area contributed by atoms with Crippen LogP contribution >= 0.6 is 0 Å². The zero-order valence-electron chi connectivity index (χ0n) is 28.7. The minimum absolute atomic E-state index is 0.438. The summed E-state index contributed by atoms with van der Waals surface area (Å²) in [5, 5.41) is 7.32. The van der Waals surface area contributed by atoms with Crippen LogP contribution in [0.1, 0.15) is 22.3 Å². The fraction of sp³-hybridized carbons (Fsp3) is 0.0196. The zero-order valence-corrected chi connectivity index (χ0v) is 28.7. The minimum atomic E-state index is -0.438. The molecule has 53 heavy (non-hydrogen) atoms. The van der Waals surface area contributed by atoms with Crippen LogP contribution in [-0.2, 0) is 5.41 Å². The summed E-state index contributed by atoms with van der Waals surface area (Å²) in [5.41, 5.74) is 16.7. The van der Waals surface area contributed by atoms with Gasteiger partial charge in [-0.25, -0.2) is 4.98 Å². The van der Waals surface area contributed by atoms with Gasteiger partial charge in [-0.2, -0.15) is 0 Å². The molecule has 0 N–H and O–H groups in total. The Morgan fingerprint density at radius 1 is 0.358 bits per heavy atom. The predicted molar refractivity (Wildman–Crippen MR) is 219 cm³/mol. The first-order chi connectivity index (χ1) is 26.3. The van der Waals surface area contributed by atoms with E-state index >= 15 is 0 Å². The van der Waals surface area contributed by atoms with Crippen LogP contribution in [0.3, 0.4) is 0 Å². The van der Waals surface area contributed by atoms with E-state index < -0.39 is 5.41 Å². The lowest BCUT2D eigenvalue weighted by atomic mass is 9.70. The summed E-state index contributed by atoms with van der Waals surface area (Å²) >= 11 is 0. The molecule has 0 saturated heterocycles. The number of nitrogens with zero attached hydrogens (tertiary/aromatic N) is 2. The Kier molecular flexibility index (Phi) is 5.73. The van der Waals surface area contributed by atoms with Crippen molar-refractivity contribution in [2.75, 3.05) is 0 Å². The highest BCUT2D eigenvalue weighted by Crippen LogP contribution is 2.65. The number of rotatable bonds is 2. The van der Waals surface area contributed by atoms with Gasteiger partial charge in [0.2, 0.25) is 0 Å². The van der Waals surface area contributed by atoms with Gasteiger partial charge in [0.25, 0.3) is 0 Å². The third-order valence-corrected chi connectivity index (χ3v) is 11.9. The molecule has 2 aliphatic carbocycles. The fourth-order valence-electron chi connectivity index (χ4n) is 9.70. The lowest BCUT2D eigenvalue weighted by Gasteiger charge is -2.31. The number of hydrogen-bond acceptors (Lipinski definition) is 2. The van der Waals surface area contributed by atoms with Crippen molar-refractivity contribution in [1.29, 1.82) is 0 Å². The van der Waals surface area contributed by atoms with Gasteiger partial charge in [0.15, 0.2) is 0 Å². The maximum absolute atomic E-state index is 5.15. The maximum atomic E-state index is 5.15. The van der Waals surface area contributed by atoms with E-state index in [1.54, 1.807) is 0 Å². The van der Waals surface area contributed by atoms with Crippen molar-refractivity contribution < 1.29 is 0 Å². The number of hydrogen-bond donors (Lipinski definition) is 0. The van der Waals surface area contributed by atoms with Crippen molar-refractivity contribution in [2.24, 2.45) is 0 Å². The van der Waals surface area contributed by atoms with Crippen LogP contribution in [-0.4, -0.2) is 9.97 Å². The highest BCUT2D eigenvalue weighted by atomic mass is 14.7. The summed E-state index contributed by atoms with van der Waals surface area (Å²) in [6, 6.07) is 64.9. The maximum Gasteiger partial charge on any atom is 0.0972 e. The van der Waals surface area contributed by atoms with E-state index in [1.807, 2.05) is 12.3 Å². The smallest absolute Gasteiger partial charge is 0.0972 e. The number of aromatic nitrogens is 2. The third kappa shape index (κ3) is 3.77. The lowest BCUT2D eigenvalue weighted by molar-refractivity contribution is 0.795. The van der Waals surface area contributed by atoms with Gasteiger partial charge in [0.05, 0.1) is 22.1 Å². The van der Waals surface area contributed by atoms with E-state index in [0.29, 0.717) is 0 Å². The van der Waals surface area contributed by atoms with Crippen molar-refractivity contribution >= 4 is 43.4 Å². The minimum Gasteiger partial charge on any atom is -0.254 e. The highest BCUT2D eigenvalue weighted by Gasteiger charge is 2.52. The Bertz CT molecular complexity index is 3130. The Morgan fingerprint density at radius 2 is 0.943 bits per heavy atom. The molecule has 2 heterocycles. The molecule has 2 heteroatoms. The highest BCUT2D eigenvalue weighted by molar-refractivity contribution is 6.16. The van der Waals surface area contributed by atoms with Crippen molar-refractivity contribution in [1.82, 2.24) is 9.97 Å². The molecule has 2 aromatic heterocycles. The second-order valence-electron chi connectivity index (χ2n) is 14.4. The van der Waals surface area contributed by atoms with Gasteiger partial charge >= 0.3 is 0 Å². The Balaban J connectivity index is 1.12. The van der Waals surface area contributed by atoms with Gasteiger partial charge in [-0.1, -0.05) is 158 Å². The summed E-state index contributed by atoms with van der Waals surface area (Å²) in [4.78, 5) is 9.83. The molecule has 0 unspecified atom stereocenters. The zero-order chi connectivity index (χ0) is 34.7. The molecule has 0 atom stereocenters. The van der Waals surface area contributed by atoms with Crippen LogP contribution in [0, 0.1) is 0 Å². The first-order valence-electron chi connectivity index (χ1n) is 18.3. The Morgan fingerprint density at radius 3 is 1.74 bits per heavy atom. The number of benzene rings is 8. The fourth-order valence-corrected chi connectivity index (χ4v) is 9.70. The molecule has 0 saturated carbocycles. The Labute approximate surface area is 306 Å². The molecule has 244 valence electrons. The molecule has 0 aliphatic heterocycles. The summed E-state index contributed by atoms with van der Waals surface area (Å²) in [6.07, 6.45) is 1.85. The largest absolute Gasteiger partial charge is 0.254 e. The van der Waals surface area contributed by atoms with Crippen LogP contribution in [0.15, 0.2) is 182 Å². The van der Waals surface area contributed by atoms with E-state index in [4.69, 9.17) is 4.98 Å². The average Bonchev–Trinajstić information content (AvgIpc) is 3.71. The van der Waals surface area contributed by atoms with Gasteiger partial charge < -0.3 is 0 Å². The van der Waals surface area contributed by atoms with Crippen molar-refractivity contribution in [3.8, 4) is 44.6 Å². The monoisotopic (exact) mass is 670 g/mol. The quantitative estimate of drug-likeness (QED) is 0.171. The lowest BCUT2D eigenvalue weighted by Crippen LogP contribution is -2.26. The molecule has 8 aromatic carbocycles. The summed E-state index contributed by atoms with van der Waals surface area (Å²) < 4.78 is 0.